The Morgan fingerprint density at radius 3 is 0.931 bits per heavy atom. The van der Waals surface area contributed by atoms with Gasteiger partial charge in [0, 0.05) is 33.5 Å². The van der Waals surface area contributed by atoms with E-state index in [0.29, 0.717) is 0 Å². The van der Waals surface area contributed by atoms with E-state index >= 15 is 0 Å². The molecule has 12 aromatic carbocycles. The number of hydrogen-bond donors (Lipinski definition) is 0. The van der Waals surface area contributed by atoms with Gasteiger partial charge < -0.3 is 9.80 Å². The summed E-state index contributed by atoms with van der Waals surface area (Å²) < 4.78 is 0. The fourth-order valence-electron chi connectivity index (χ4n) is 12.9. The van der Waals surface area contributed by atoms with Gasteiger partial charge in [-0.05, 0) is 202 Å². The minimum atomic E-state index is 1.16. The summed E-state index contributed by atoms with van der Waals surface area (Å²) in [5.41, 5.74) is 15.3. The van der Waals surface area contributed by atoms with Crippen molar-refractivity contribution in [2.75, 3.05) is 9.80 Å². The Balaban J connectivity index is 0.933. The van der Waals surface area contributed by atoms with Crippen molar-refractivity contribution in [3.8, 4) is 0 Å². The lowest BCUT2D eigenvalue weighted by Crippen LogP contribution is -2.11. The van der Waals surface area contributed by atoms with Gasteiger partial charge in [-0.3, -0.25) is 0 Å². The van der Waals surface area contributed by atoms with Crippen LogP contribution in [0.25, 0.3) is 87.6 Å². The quantitative estimate of drug-likeness (QED) is 0.111. The standard InChI is InChI=1S/C70H58N2/c1-45-19-27-51(28-20-45)71(53-31-23-49(24-32-53)43-47-11-5-3-6-12-47)65-41-39-57-61-37-36-60-56-16-10-18-64-66(42-40-58(68(56)64)62-38-35-59(69(61)70(60)62)55-15-9-17-63(65)67(55)57)72(52-29-21-46(2)22-30-52)54-33-25-50(26-34-54)44-48-13-7-4-8-14-48/h9-10,15-44H,3-8,11-14H2,1-2H3. The van der Waals surface area contributed by atoms with Crippen LogP contribution in [0.4, 0.5) is 34.1 Å². The van der Waals surface area contributed by atoms with Gasteiger partial charge in [-0.2, -0.15) is 0 Å². The lowest BCUT2D eigenvalue weighted by Gasteiger charge is -2.29. The third-order valence-corrected chi connectivity index (χ3v) is 16.5. The van der Waals surface area contributed by atoms with Crippen molar-refractivity contribution >= 4 is 122 Å². The Kier molecular flexibility index (Phi) is 10.4. The average Bonchev–Trinajstić information content (AvgIpc) is 3.43. The van der Waals surface area contributed by atoms with Gasteiger partial charge >= 0.3 is 0 Å². The Labute approximate surface area is 422 Å². The van der Waals surface area contributed by atoms with Crippen molar-refractivity contribution in [1.82, 2.24) is 0 Å². The van der Waals surface area contributed by atoms with E-state index in [9.17, 15) is 0 Å². The average molecular weight is 927 g/mol. The highest BCUT2D eigenvalue weighted by Crippen LogP contribution is 2.51. The second-order valence-corrected chi connectivity index (χ2v) is 21.0. The highest BCUT2D eigenvalue weighted by molar-refractivity contribution is 6.43. The molecule has 0 aliphatic heterocycles. The Hall–Kier alpha value is -7.94. The normalized spacial score (nSPS) is 14.5. The highest BCUT2D eigenvalue weighted by atomic mass is 15.1. The van der Waals surface area contributed by atoms with Gasteiger partial charge in [0.1, 0.15) is 0 Å². The molecule has 0 heterocycles. The Bertz CT molecular complexity index is 3730. The molecule has 2 heteroatoms. The maximum atomic E-state index is 2.46. The van der Waals surface area contributed by atoms with Gasteiger partial charge in [-0.1, -0.05) is 169 Å². The second kappa shape index (κ2) is 17.4. The Morgan fingerprint density at radius 2 is 0.569 bits per heavy atom. The summed E-state index contributed by atoms with van der Waals surface area (Å²) in [5, 5.41) is 18.3. The summed E-state index contributed by atoms with van der Waals surface area (Å²) in [6.45, 7) is 4.34. The van der Waals surface area contributed by atoms with Crippen LogP contribution in [-0.2, 0) is 0 Å². The predicted molar refractivity (Wildman–Crippen MR) is 312 cm³/mol. The summed E-state index contributed by atoms with van der Waals surface area (Å²) in [6.07, 6.45) is 17.7. The maximum absolute atomic E-state index is 2.46. The van der Waals surface area contributed by atoms with E-state index < -0.39 is 0 Å². The second-order valence-electron chi connectivity index (χ2n) is 21.0. The monoisotopic (exact) mass is 926 g/mol. The zero-order valence-corrected chi connectivity index (χ0v) is 41.4. The summed E-state index contributed by atoms with van der Waals surface area (Å²) >= 11 is 0. The minimum Gasteiger partial charge on any atom is -0.310 e. The van der Waals surface area contributed by atoms with E-state index in [-0.39, 0.29) is 0 Å². The number of aryl methyl sites for hydroxylation is 2. The number of hydrogen-bond acceptors (Lipinski definition) is 2. The molecule has 2 aliphatic carbocycles. The summed E-state index contributed by atoms with van der Waals surface area (Å²) in [7, 11) is 0. The molecule has 0 unspecified atom stereocenters. The number of fused-ring (bicyclic) bond motifs is 4. The van der Waals surface area contributed by atoms with Crippen molar-refractivity contribution in [2.45, 2.75) is 78.1 Å². The van der Waals surface area contributed by atoms with Gasteiger partial charge in [0.25, 0.3) is 0 Å². The molecule has 0 saturated heterocycles. The molecule has 2 aliphatic rings. The first-order valence-electron chi connectivity index (χ1n) is 26.6. The fraction of sp³-hybridized carbons (Fsp3) is 0.171. The molecule has 0 radical (unpaired) electrons. The first kappa shape index (κ1) is 42.9. The van der Waals surface area contributed by atoms with Crippen LogP contribution in [0.5, 0.6) is 0 Å². The van der Waals surface area contributed by atoms with Crippen LogP contribution in [-0.4, -0.2) is 0 Å². The fourth-order valence-corrected chi connectivity index (χ4v) is 12.9. The minimum absolute atomic E-state index is 1.16. The van der Waals surface area contributed by atoms with Gasteiger partial charge in [-0.25, -0.2) is 0 Å². The Morgan fingerprint density at radius 1 is 0.278 bits per heavy atom. The zero-order chi connectivity index (χ0) is 47.9. The van der Waals surface area contributed by atoms with Crippen molar-refractivity contribution in [3.63, 3.8) is 0 Å². The first-order valence-corrected chi connectivity index (χ1v) is 26.6. The molecule has 348 valence electrons. The van der Waals surface area contributed by atoms with Crippen LogP contribution < -0.4 is 9.80 Å². The number of rotatable bonds is 8. The molecular formula is C70H58N2. The molecule has 12 aromatic rings. The van der Waals surface area contributed by atoms with Crippen LogP contribution in [0.2, 0.25) is 0 Å². The number of nitrogens with zero attached hydrogens (tertiary/aromatic N) is 2. The molecule has 0 spiro atoms. The van der Waals surface area contributed by atoms with Gasteiger partial charge in [-0.15, -0.1) is 0 Å². The molecule has 0 aromatic heterocycles. The topological polar surface area (TPSA) is 6.48 Å². The third-order valence-electron chi connectivity index (χ3n) is 16.5. The lowest BCUT2D eigenvalue weighted by molar-refractivity contribution is 0.602. The van der Waals surface area contributed by atoms with Gasteiger partial charge in [0.15, 0.2) is 0 Å². The molecule has 2 fully saturated rings. The predicted octanol–water partition coefficient (Wildman–Crippen LogP) is 20.9. The summed E-state index contributed by atoms with van der Waals surface area (Å²) in [6, 6.07) is 69.7. The molecule has 14 rings (SSSR count). The van der Waals surface area contributed by atoms with E-state index in [0.717, 1.165) is 11.4 Å². The van der Waals surface area contributed by atoms with Crippen molar-refractivity contribution in [1.29, 1.82) is 0 Å². The molecule has 2 saturated carbocycles. The highest BCUT2D eigenvalue weighted by Gasteiger charge is 2.24. The van der Waals surface area contributed by atoms with E-state index in [2.05, 4.69) is 218 Å². The van der Waals surface area contributed by atoms with Crippen LogP contribution >= 0.6 is 0 Å². The van der Waals surface area contributed by atoms with E-state index in [1.807, 2.05) is 0 Å². The van der Waals surface area contributed by atoms with Crippen LogP contribution in [0.1, 0.15) is 86.5 Å². The van der Waals surface area contributed by atoms with Gasteiger partial charge in [0.2, 0.25) is 0 Å². The van der Waals surface area contributed by atoms with Crippen molar-refractivity contribution < 1.29 is 0 Å². The largest absolute Gasteiger partial charge is 0.310 e. The van der Waals surface area contributed by atoms with E-state index in [1.165, 1.54) is 185 Å². The lowest BCUT2D eigenvalue weighted by atomic mass is 9.83. The van der Waals surface area contributed by atoms with Crippen LogP contribution in [0.3, 0.4) is 0 Å². The third kappa shape index (κ3) is 7.14. The van der Waals surface area contributed by atoms with Gasteiger partial charge in [0.05, 0.1) is 11.4 Å². The number of benzene rings is 12. The van der Waals surface area contributed by atoms with Crippen molar-refractivity contribution in [3.05, 3.63) is 215 Å². The number of allylic oxidation sites excluding steroid dienone is 2. The molecule has 0 atom stereocenters. The molecule has 0 amide bonds. The molecule has 2 nitrogen and oxygen atoms in total. The molecule has 0 bridgehead atoms. The molecule has 72 heavy (non-hydrogen) atoms. The SMILES string of the molecule is Cc1ccc(N(c2ccc(C=C3CCCCC3)cc2)c2ccc3c4ccc5c6cccc7c(N(c8ccc(C)cc8)c8ccc(C=C9CCCCC9)cc8)ccc(c8ccc(c9cccc2c93)c4c58)c76)cc1. The number of anilines is 6. The van der Waals surface area contributed by atoms with Crippen LogP contribution in [0.15, 0.2) is 193 Å². The smallest absolute Gasteiger partial charge is 0.0540 e. The zero-order valence-electron chi connectivity index (χ0n) is 41.4. The summed E-state index contributed by atoms with van der Waals surface area (Å²) in [5.74, 6) is 0. The van der Waals surface area contributed by atoms with E-state index in [1.54, 1.807) is 11.1 Å². The first-order chi connectivity index (χ1) is 35.5. The molecule has 0 N–H and O–H groups in total. The molecular weight excluding hydrogens is 869 g/mol. The van der Waals surface area contributed by atoms with E-state index in [4.69, 9.17) is 0 Å². The van der Waals surface area contributed by atoms with Crippen LogP contribution in [0, 0.1) is 13.8 Å². The summed E-state index contributed by atoms with van der Waals surface area (Å²) in [4.78, 5) is 4.93. The van der Waals surface area contributed by atoms with Crippen molar-refractivity contribution in [2.24, 2.45) is 0 Å². The maximum Gasteiger partial charge on any atom is 0.0540 e.